The minimum absolute atomic E-state index is 0.121. The third-order valence-electron chi connectivity index (χ3n) is 2.71. The first kappa shape index (κ1) is 18.4. The molecule has 1 aromatic rings. The van der Waals surface area contributed by atoms with Crippen molar-refractivity contribution >= 4 is 48.0 Å². The Morgan fingerprint density at radius 2 is 2.00 bits per heavy atom. The lowest BCUT2D eigenvalue weighted by Gasteiger charge is -2.15. The van der Waals surface area contributed by atoms with Crippen LogP contribution < -0.4 is 5.32 Å². The lowest BCUT2D eigenvalue weighted by atomic mass is 10.1. The van der Waals surface area contributed by atoms with E-state index in [9.17, 15) is 17.4 Å². The van der Waals surface area contributed by atoms with Crippen LogP contribution >= 0.6 is 22.3 Å². The maximum Gasteiger partial charge on any atom is 0.261 e. The molecular formula is C12H15Cl2NO4S2. The molecule has 5 nitrogen and oxygen atoms in total. The first-order valence-electron chi connectivity index (χ1n) is 5.88. The second-order valence-electron chi connectivity index (χ2n) is 4.63. The predicted octanol–water partition coefficient (Wildman–Crippen LogP) is 2.07. The molecule has 0 heterocycles. The average Bonchev–Trinajstić information content (AvgIpc) is 2.29. The van der Waals surface area contributed by atoms with Crippen LogP contribution in [-0.2, 0) is 19.9 Å². The van der Waals surface area contributed by atoms with Crippen molar-refractivity contribution in [3.05, 3.63) is 28.3 Å². The van der Waals surface area contributed by atoms with Gasteiger partial charge in [0.1, 0.15) is 0 Å². The summed E-state index contributed by atoms with van der Waals surface area (Å²) < 4.78 is 33.9. The molecule has 0 bridgehead atoms. The molecule has 118 valence electrons. The van der Waals surface area contributed by atoms with Crippen molar-refractivity contribution < 1.29 is 17.4 Å². The lowest BCUT2D eigenvalue weighted by Crippen LogP contribution is -2.36. The van der Waals surface area contributed by atoms with Crippen LogP contribution in [0.4, 0.5) is 0 Å². The summed E-state index contributed by atoms with van der Waals surface area (Å²) in [5.41, 5.74) is 0.568. The highest BCUT2D eigenvalue weighted by molar-refractivity contribution is 8.13. The van der Waals surface area contributed by atoms with E-state index in [4.69, 9.17) is 22.3 Å². The summed E-state index contributed by atoms with van der Waals surface area (Å²) in [6.45, 7) is 3.31. The van der Waals surface area contributed by atoms with Crippen LogP contribution in [0.15, 0.2) is 17.0 Å². The Morgan fingerprint density at radius 1 is 1.43 bits per heavy atom. The predicted molar refractivity (Wildman–Crippen MR) is 85.1 cm³/mol. The van der Waals surface area contributed by atoms with Gasteiger partial charge in [0.25, 0.3) is 15.0 Å². The zero-order valence-corrected chi connectivity index (χ0v) is 14.8. The number of amides is 1. The number of hydrogen-bond acceptors (Lipinski definition) is 4. The number of hydrogen-bond donors (Lipinski definition) is 1. The molecule has 1 amide bonds. The van der Waals surface area contributed by atoms with Gasteiger partial charge in [-0.25, -0.2) is 8.42 Å². The van der Waals surface area contributed by atoms with E-state index in [1.807, 2.05) is 0 Å². The van der Waals surface area contributed by atoms with Crippen molar-refractivity contribution in [3.63, 3.8) is 0 Å². The molecule has 0 radical (unpaired) electrons. The Morgan fingerprint density at radius 3 is 2.48 bits per heavy atom. The molecule has 0 saturated carbocycles. The van der Waals surface area contributed by atoms with Gasteiger partial charge in [-0.3, -0.25) is 9.00 Å². The average molecular weight is 372 g/mol. The largest absolute Gasteiger partial charge is 0.349 e. The molecule has 0 spiro atoms. The first-order valence-corrected chi connectivity index (χ1v) is 10.3. The number of nitrogens with one attached hydrogen (secondary N) is 1. The zero-order valence-electron chi connectivity index (χ0n) is 11.6. The van der Waals surface area contributed by atoms with Gasteiger partial charge in [-0.2, -0.15) is 0 Å². The standard InChI is InChI=1S/C12H15Cl2NO4S2/c1-7(6-20(3)17)15-12(16)10-4-9(21(14,18)19)5-11(13)8(10)2/h4-5,7H,6H2,1-3H3,(H,15,16). The van der Waals surface area contributed by atoms with Gasteiger partial charge in [0.05, 0.1) is 4.90 Å². The van der Waals surface area contributed by atoms with Gasteiger partial charge in [0.2, 0.25) is 0 Å². The minimum atomic E-state index is -3.99. The normalized spacial score (nSPS) is 14.5. The Bertz CT molecular complexity index is 689. The van der Waals surface area contributed by atoms with Gasteiger partial charge < -0.3 is 5.32 Å². The molecule has 21 heavy (non-hydrogen) atoms. The van der Waals surface area contributed by atoms with Gasteiger partial charge in [0.15, 0.2) is 0 Å². The number of halogens is 2. The van der Waals surface area contributed by atoms with E-state index in [2.05, 4.69) is 5.32 Å². The molecule has 0 fully saturated rings. The highest BCUT2D eigenvalue weighted by Gasteiger charge is 2.20. The van der Waals surface area contributed by atoms with E-state index in [0.29, 0.717) is 11.3 Å². The number of benzene rings is 1. The topological polar surface area (TPSA) is 80.3 Å². The van der Waals surface area contributed by atoms with Crippen LogP contribution in [-0.4, -0.2) is 36.6 Å². The van der Waals surface area contributed by atoms with Gasteiger partial charge in [-0.15, -0.1) is 0 Å². The Kier molecular flexibility index (Phi) is 6.22. The van der Waals surface area contributed by atoms with Crippen molar-refractivity contribution in [1.29, 1.82) is 0 Å². The fourth-order valence-electron chi connectivity index (χ4n) is 1.73. The summed E-state index contributed by atoms with van der Waals surface area (Å²) in [7, 11) is 0.235. The molecule has 2 unspecified atom stereocenters. The number of carbonyl (C=O) groups excluding carboxylic acids is 1. The van der Waals surface area contributed by atoms with Crippen molar-refractivity contribution in [3.8, 4) is 0 Å². The molecule has 9 heteroatoms. The molecule has 0 aromatic heterocycles. The van der Waals surface area contributed by atoms with E-state index in [0.717, 1.165) is 0 Å². The van der Waals surface area contributed by atoms with E-state index in [-0.39, 0.29) is 21.5 Å². The smallest absolute Gasteiger partial charge is 0.261 e. The fraction of sp³-hybridized carbons (Fsp3) is 0.417. The van der Waals surface area contributed by atoms with Gasteiger partial charge >= 0.3 is 0 Å². The minimum Gasteiger partial charge on any atom is -0.349 e. The molecular weight excluding hydrogens is 357 g/mol. The van der Waals surface area contributed by atoms with E-state index in [1.165, 1.54) is 18.4 Å². The summed E-state index contributed by atoms with van der Waals surface area (Å²) in [6.07, 6.45) is 1.53. The summed E-state index contributed by atoms with van der Waals surface area (Å²) in [6, 6.07) is 2.05. The van der Waals surface area contributed by atoms with Crippen LogP contribution in [0.3, 0.4) is 0 Å². The summed E-state index contributed by atoms with van der Waals surface area (Å²) in [5, 5.41) is 2.78. The van der Waals surface area contributed by atoms with E-state index in [1.54, 1.807) is 13.8 Å². The van der Waals surface area contributed by atoms with E-state index >= 15 is 0 Å². The van der Waals surface area contributed by atoms with Crippen LogP contribution in [0.25, 0.3) is 0 Å². The monoisotopic (exact) mass is 371 g/mol. The highest BCUT2D eigenvalue weighted by Crippen LogP contribution is 2.26. The van der Waals surface area contributed by atoms with Gasteiger partial charge in [-0.05, 0) is 31.5 Å². The maximum absolute atomic E-state index is 12.2. The first-order chi connectivity index (χ1) is 9.52. The lowest BCUT2D eigenvalue weighted by molar-refractivity contribution is 0.0943. The molecule has 1 N–H and O–H groups in total. The second kappa shape index (κ2) is 7.09. The van der Waals surface area contributed by atoms with Crippen molar-refractivity contribution in [2.45, 2.75) is 24.8 Å². The molecule has 1 aromatic carbocycles. The fourth-order valence-corrected chi connectivity index (χ4v) is 3.58. The highest BCUT2D eigenvalue weighted by atomic mass is 35.7. The molecule has 0 aliphatic carbocycles. The molecule has 2 atom stereocenters. The van der Waals surface area contributed by atoms with Crippen molar-refractivity contribution in [1.82, 2.24) is 5.32 Å². The van der Waals surface area contributed by atoms with Crippen molar-refractivity contribution in [2.24, 2.45) is 0 Å². The Labute approximate surface area is 135 Å². The van der Waals surface area contributed by atoms with Crippen LogP contribution in [0.1, 0.15) is 22.8 Å². The molecule has 0 aliphatic heterocycles. The van der Waals surface area contributed by atoms with Crippen LogP contribution in [0.2, 0.25) is 5.02 Å². The van der Waals surface area contributed by atoms with Crippen LogP contribution in [0, 0.1) is 6.92 Å². The summed E-state index contributed by atoms with van der Waals surface area (Å²) >= 11 is 5.94. The van der Waals surface area contributed by atoms with Gasteiger partial charge in [0, 0.05) is 50.1 Å². The van der Waals surface area contributed by atoms with Crippen LogP contribution in [0.5, 0.6) is 0 Å². The zero-order chi connectivity index (χ0) is 16.4. The van der Waals surface area contributed by atoms with Crippen molar-refractivity contribution in [2.75, 3.05) is 12.0 Å². The Balaban J connectivity index is 3.15. The SMILES string of the molecule is Cc1c(Cl)cc(S(=O)(=O)Cl)cc1C(=O)NC(C)CS(C)=O. The number of carbonyl (C=O) groups is 1. The van der Waals surface area contributed by atoms with E-state index < -0.39 is 25.8 Å². The van der Waals surface area contributed by atoms with Gasteiger partial charge in [-0.1, -0.05) is 11.6 Å². The quantitative estimate of drug-likeness (QED) is 0.803. The third kappa shape index (κ3) is 5.25. The molecule has 0 saturated heterocycles. The molecule has 0 aliphatic rings. The number of rotatable bonds is 5. The molecule has 1 rings (SSSR count). The maximum atomic E-state index is 12.2. The Hall–Kier alpha value is -0.630. The summed E-state index contributed by atoms with van der Waals surface area (Å²) in [4.78, 5) is 11.9. The summed E-state index contributed by atoms with van der Waals surface area (Å²) in [5.74, 6) is -0.194. The third-order valence-corrected chi connectivity index (χ3v) is 5.40. The second-order valence-corrected chi connectivity index (χ2v) is 9.08.